The van der Waals surface area contributed by atoms with Gasteiger partial charge in [0.2, 0.25) is 0 Å². The van der Waals surface area contributed by atoms with Gasteiger partial charge < -0.3 is 0 Å². The predicted octanol–water partition coefficient (Wildman–Crippen LogP) is 3.30. The van der Waals surface area contributed by atoms with Crippen molar-refractivity contribution in [1.82, 2.24) is 0 Å². The van der Waals surface area contributed by atoms with Gasteiger partial charge in [-0.05, 0) is 22.0 Å². The smallest absolute Gasteiger partial charge is 0.258 e. The number of benzene rings is 1. The van der Waals surface area contributed by atoms with E-state index in [1.807, 2.05) is 0 Å². The number of alkyl halides is 3. The second-order valence-electron chi connectivity index (χ2n) is 3.00. The summed E-state index contributed by atoms with van der Waals surface area (Å²) in [5.74, 6) is 0. The molecule has 100 valence electrons. The number of halogens is 5. The lowest BCUT2D eigenvalue weighted by Gasteiger charge is -2.10. The summed E-state index contributed by atoms with van der Waals surface area (Å²) in [6.07, 6.45) is -4.96. The van der Waals surface area contributed by atoms with E-state index < -0.39 is 40.8 Å². The number of rotatable bonds is 2. The zero-order chi connectivity index (χ0) is 14.3. The monoisotopic (exact) mass is 367 g/mol. The number of nitro benzene ring substituents is 1. The highest BCUT2D eigenvalue weighted by Gasteiger charge is 2.38. The maximum absolute atomic E-state index is 12.6. The van der Waals surface area contributed by atoms with Crippen LogP contribution in [0.5, 0.6) is 0 Å². The molecule has 1 aromatic carbocycles. The highest BCUT2D eigenvalue weighted by Crippen LogP contribution is 2.41. The molecule has 0 aliphatic carbocycles. The van der Waals surface area contributed by atoms with E-state index in [1.165, 1.54) is 0 Å². The van der Waals surface area contributed by atoms with Gasteiger partial charge >= 0.3 is 6.18 Å². The summed E-state index contributed by atoms with van der Waals surface area (Å²) in [5.41, 5.74) is -2.53. The molecule has 0 unspecified atom stereocenters. The van der Waals surface area contributed by atoms with Crippen molar-refractivity contribution >= 4 is 41.4 Å². The van der Waals surface area contributed by atoms with E-state index in [1.54, 1.807) is 0 Å². The standard InChI is InChI=1S/C7H2BrClF3NO4S/c8-6-4(7(10,11)12)1-3(18(9,16)17)2-5(6)13(14)15/h1-2H. The Hall–Kier alpha value is -0.870. The van der Waals surface area contributed by atoms with Crippen molar-refractivity contribution in [2.24, 2.45) is 0 Å². The average Bonchev–Trinajstić information content (AvgIpc) is 2.13. The van der Waals surface area contributed by atoms with Crippen molar-refractivity contribution < 1.29 is 26.5 Å². The zero-order valence-corrected chi connectivity index (χ0v) is 11.2. The number of hydrogen-bond acceptors (Lipinski definition) is 4. The summed E-state index contributed by atoms with van der Waals surface area (Å²) in [6.45, 7) is 0. The number of nitrogens with zero attached hydrogens (tertiary/aromatic N) is 1. The van der Waals surface area contributed by atoms with Crippen LogP contribution in [0.25, 0.3) is 0 Å². The summed E-state index contributed by atoms with van der Waals surface area (Å²) in [6, 6.07) is 0.668. The largest absolute Gasteiger partial charge is 0.417 e. The SMILES string of the molecule is O=[N+]([O-])c1cc(S(=O)(=O)Cl)cc(C(F)(F)F)c1Br. The van der Waals surface area contributed by atoms with E-state index in [9.17, 15) is 31.7 Å². The van der Waals surface area contributed by atoms with Crippen molar-refractivity contribution in [3.63, 3.8) is 0 Å². The van der Waals surface area contributed by atoms with E-state index in [-0.39, 0.29) is 6.07 Å². The molecule has 0 fully saturated rings. The van der Waals surface area contributed by atoms with Crippen LogP contribution in [0.4, 0.5) is 18.9 Å². The molecule has 0 amide bonds. The van der Waals surface area contributed by atoms with Gasteiger partial charge in [-0.1, -0.05) is 0 Å². The van der Waals surface area contributed by atoms with E-state index in [4.69, 9.17) is 10.7 Å². The highest BCUT2D eigenvalue weighted by atomic mass is 79.9. The topological polar surface area (TPSA) is 77.3 Å². The summed E-state index contributed by atoms with van der Waals surface area (Å²) in [4.78, 5) is 8.41. The Morgan fingerprint density at radius 3 is 2.17 bits per heavy atom. The van der Waals surface area contributed by atoms with E-state index in [0.29, 0.717) is 6.07 Å². The predicted molar refractivity (Wildman–Crippen MR) is 58.8 cm³/mol. The first-order valence-electron chi connectivity index (χ1n) is 3.94. The highest BCUT2D eigenvalue weighted by molar-refractivity contribution is 9.10. The summed E-state index contributed by atoms with van der Waals surface area (Å²) in [7, 11) is 0.365. The van der Waals surface area contributed by atoms with Crippen molar-refractivity contribution in [2.75, 3.05) is 0 Å². The Morgan fingerprint density at radius 1 is 1.33 bits per heavy atom. The molecule has 0 aliphatic rings. The summed E-state index contributed by atoms with van der Waals surface area (Å²) >= 11 is 2.42. The molecule has 0 radical (unpaired) electrons. The van der Waals surface area contributed by atoms with Crippen LogP contribution < -0.4 is 0 Å². The van der Waals surface area contributed by atoms with Crippen LogP contribution in [-0.4, -0.2) is 13.3 Å². The molecule has 11 heteroatoms. The molecule has 0 atom stereocenters. The van der Waals surface area contributed by atoms with Crippen LogP contribution in [-0.2, 0) is 15.2 Å². The first kappa shape index (κ1) is 15.2. The molecule has 5 nitrogen and oxygen atoms in total. The Labute approximate surface area is 111 Å². The van der Waals surface area contributed by atoms with Gasteiger partial charge in [0.15, 0.2) is 0 Å². The van der Waals surface area contributed by atoms with Gasteiger partial charge in [-0.2, -0.15) is 13.2 Å². The molecular formula is C7H2BrClF3NO4S. The van der Waals surface area contributed by atoms with Crippen molar-refractivity contribution in [2.45, 2.75) is 11.1 Å². The third kappa shape index (κ3) is 3.12. The molecule has 0 saturated carbocycles. The minimum absolute atomic E-state index is 0.222. The fourth-order valence-corrected chi connectivity index (χ4v) is 2.44. The summed E-state index contributed by atoms with van der Waals surface area (Å²) < 4.78 is 58.8. The van der Waals surface area contributed by atoms with Gasteiger partial charge in [-0.25, -0.2) is 8.42 Å². The first-order valence-corrected chi connectivity index (χ1v) is 7.04. The summed E-state index contributed by atoms with van der Waals surface area (Å²) in [5, 5.41) is 10.6. The second kappa shape index (κ2) is 4.67. The molecule has 18 heavy (non-hydrogen) atoms. The molecule has 1 rings (SSSR count). The lowest BCUT2D eigenvalue weighted by Crippen LogP contribution is -2.09. The molecule has 0 heterocycles. The van der Waals surface area contributed by atoms with Gasteiger partial charge in [0.1, 0.15) is 4.47 Å². The quantitative estimate of drug-likeness (QED) is 0.456. The maximum Gasteiger partial charge on any atom is 0.417 e. The van der Waals surface area contributed by atoms with E-state index >= 15 is 0 Å². The van der Waals surface area contributed by atoms with Crippen LogP contribution in [0.2, 0.25) is 0 Å². The number of hydrogen-bond donors (Lipinski definition) is 0. The van der Waals surface area contributed by atoms with Crippen LogP contribution in [0.3, 0.4) is 0 Å². The van der Waals surface area contributed by atoms with Gasteiger partial charge in [-0.3, -0.25) is 10.1 Å². The Balaban J connectivity index is 3.74. The van der Waals surface area contributed by atoms with Crippen molar-refractivity contribution in [1.29, 1.82) is 0 Å². The van der Waals surface area contributed by atoms with Gasteiger partial charge in [-0.15, -0.1) is 0 Å². The Morgan fingerprint density at radius 2 is 1.83 bits per heavy atom. The zero-order valence-electron chi connectivity index (χ0n) is 8.03. The van der Waals surface area contributed by atoms with Gasteiger partial charge in [0.05, 0.1) is 15.4 Å². The normalized spacial score (nSPS) is 12.5. The molecule has 0 saturated heterocycles. The fraction of sp³-hybridized carbons (Fsp3) is 0.143. The van der Waals surface area contributed by atoms with E-state index in [0.717, 1.165) is 0 Å². The first-order chi connectivity index (χ1) is 7.94. The lowest BCUT2D eigenvalue weighted by atomic mass is 10.2. The van der Waals surface area contributed by atoms with Crippen LogP contribution >= 0.6 is 26.6 Å². The van der Waals surface area contributed by atoms with Gasteiger partial charge in [0, 0.05) is 16.7 Å². The third-order valence-corrected chi connectivity index (χ3v) is 3.98. The van der Waals surface area contributed by atoms with Crippen LogP contribution in [0, 0.1) is 10.1 Å². The Kier molecular flexibility index (Phi) is 3.94. The molecule has 0 spiro atoms. The van der Waals surface area contributed by atoms with Crippen LogP contribution in [0.1, 0.15) is 5.56 Å². The average molecular weight is 369 g/mol. The molecule has 1 aromatic rings. The molecule has 0 N–H and O–H groups in total. The number of nitro groups is 1. The minimum Gasteiger partial charge on any atom is -0.258 e. The maximum atomic E-state index is 12.6. The van der Waals surface area contributed by atoms with Crippen molar-refractivity contribution in [3.8, 4) is 0 Å². The molecular weight excluding hydrogens is 366 g/mol. The Bertz CT molecular complexity index is 616. The van der Waals surface area contributed by atoms with E-state index in [2.05, 4.69) is 15.9 Å². The second-order valence-corrected chi connectivity index (χ2v) is 6.36. The molecule has 0 aromatic heterocycles. The third-order valence-electron chi connectivity index (χ3n) is 1.81. The molecule has 0 bridgehead atoms. The minimum atomic E-state index is -4.96. The lowest BCUT2D eigenvalue weighted by molar-refractivity contribution is -0.386. The van der Waals surface area contributed by atoms with Gasteiger partial charge in [0.25, 0.3) is 14.7 Å². The van der Waals surface area contributed by atoms with Crippen LogP contribution in [0.15, 0.2) is 21.5 Å². The fourth-order valence-electron chi connectivity index (χ4n) is 1.06. The molecule has 0 aliphatic heterocycles. The van der Waals surface area contributed by atoms with Crippen molar-refractivity contribution in [3.05, 3.63) is 32.3 Å².